The Hall–Kier alpha value is -2.31. The minimum atomic E-state index is -2.78. The Morgan fingerprint density at radius 1 is 1.00 bits per heavy atom. The maximum absolute atomic E-state index is 12.5. The second-order valence-corrected chi connectivity index (χ2v) is 5.74. The van der Waals surface area contributed by atoms with E-state index >= 15 is 0 Å². The third-order valence-electron chi connectivity index (χ3n) is 3.58. The Labute approximate surface area is 142 Å². The van der Waals surface area contributed by atoms with Gasteiger partial charge in [-0.3, -0.25) is 0 Å². The summed E-state index contributed by atoms with van der Waals surface area (Å²) in [5.74, 6) is -0.628. The second kappa shape index (κ2) is 7.07. The Morgan fingerprint density at radius 2 is 1.67 bits per heavy atom. The number of alkyl halides is 2. The molecule has 0 spiro atoms. The Bertz CT molecular complexity index is 803. The van der Waals surface area contributed by atoms with Crippen molar-refractivity contribution in [2.24, 2.45) is 5.73 Å². The van der Waals surface area contributed by atoms with Gasteiger partial charge in [0.25, 0.3) is 5.89 Å². The molecular weight excluding hydrogens is 336 g/mol. The lowest BCUT2D eigenvalue weighted by molar-refractivity contribution is 0.116. The minimum absolute atomic E-state index is 0.0584. The van der Waals surface area contributed by atoms with Gasteiger partial charge in [-0.1, -0.05) is 35.9 Å². The van der Waals surface area contributed by atoms with Gasteiger partial charge in [0, 0.05) is 16.6 Å². The van der Waals surface area contributed by atoms with Crippen LogP contribution in [-0.4, -0.2) is 10.2 Å². The molecule has 0 radical (unpaired) electrons. The number of halogens is 3. The van der Waals surface area contributed by atoms with E-state index in [1.807, 2.05) is 36.4 Å². The van der Waals surface area contributed by atoms with Crippen molar-refractivity contribution >= 4 is 11.6 Å². The van der Waals surface area contributed by atoms with E-state index in [0.29, 0.717) is 17.0 Å². The van der Waals surface area contributed by atoms with E-state index in [1.54, 1.807) is 12.1 Å². The molecule has 1 heterocycles. The third-order valence-corrected chi connectivity index (χ3v) is 3.83. The molecule has 0 aliphatic carbocycles. The molecule has 1 atom stereocenters. The number of hydrogen-bond donors (Lipinski definition) is 1. The summed E-state index contributed by atoms with van der Waals surface area (Å²) in [5.41, 5.74) is 8.78. The molecule has 3 aromatic rings. The number of nitrogens with zero attached hydrogens (tertiary/aromatic N) is 2. The first kappa shape index (κ1) is 16.5. The molecule has 7 heteroatoms. The van der Waals surface area contributed by atoms with Gasteiger partial charge in [-0.25, -0.2) is 0 Å². The first-order valence-electron chi connectivity index (χ1n) is 7.25. The standard InChI is InChI=1S/C17H14ClF2N3O/c18-13-7-1-10(2-8-13)9-14(21)11-3-5-12(6-4-11)16-22-23-17(24-16)15(19)20/h1-8,14-15H,9,21H2. The quantitative estimate of drug-likeness (QED) is 0.732. The van der Waals surface area contributed by atoms with Crippen LogP contribution in [0.25, 0.3) is 11.5 Å². The summed E-state index contributed by atoms with van der Waals surface area (Å²) in [4.78, 5) is 0. The van der Waals surface area contributed by atoms with Crippen molar-refractivity contribution in [2.45, 2.75) is 18.9 Å². The first-order valence-corrected chi connectivity index (χ1v) is 7.62. The molecule has 0 amide bonds. The molecule has 4 nitrogen and oxygen atoms in total. The van der Waals surface area contributed by atoms with Gasteiger partial charge in [-0.2, -0.15) is 8.78 Å². The normalized spacial score (nSPS) is 12.5. The predicted octanol–water partition coefficient (Wildman–Crippen LogP) is 4.57. The molecule has 2 N–H and O–H groups in total. The van der Waals surface area contributed by atoms with Crippen LogP contribution in [-0.2, 0) is 6.42 Å². The van der Waals surface area contributed by atoms with E-state index < -0.39 is 12.3 Å². The number of benzene rings is 2. The molecule has 0 aliphatic heterocycles. The fourth-order valence-electron chi connectivity index (χ4n) is 2.30. The van der Waals surface area contributed by atoms with Crippen LogP contribution in [0.4, 0.5) is 8.78 Å². The number of hydrogen-bond acceptors (Lipinski definition) is 4. The van der Waals surface area contributed by atoms with E-state index in [-0.39, 0.29) is 11.9 Å². The van der Waals surface area contributed by atoms with Gasteiger partial charge >= 0.3 is 6.43 Å². The highest BCUT2D eigenvalue weighted by molar-refractivity contribution is 6.30. The molecule has 1 unspecified atom stereocenters. The van der Waals surface area contributed by atoms with Crippen LogP contribution in [0.15, 0.2) is 52.9 Å². The van der Waals surface area contributed by atoms with Gasteiger partial charge in [-0.05, 0) is 41.8 Å². The fraction of sp³-hybridized carbons (Fsp3) is 0.176. The average Bonchev–Trinajstić information content (AvgIpc) is 3.07. The molecule has 0 saturated carbocycles. The lowest BCUT2D eigenvalue weighted by atomic mass is 9.99. The zero-order chi connectivity index (χ0) is 17.1. The molecule has 3 rings (SSSR count). The Kier molecular flexibility index (Phi) is 4.87. The van der Waals surface area contributed by atoms with Crippen molar-refractivity contribution < 1.29 is 13.2 Å². The van der Waals surface area contributed by atoms with Crippen LogP contribution in [0.2, 0.25) is 5.02 Å². The largest absolute Gasteiger partial charge is 0.415 e. The van der Waals surface area contributed by atoms with Crippen molar-refractivity contribution in [1.29, 1.82) is 0 Å². The highest BCUT2D eigenvalue weighted by Crippen LogP contribution is 2.25. The summed E-state index contributed by atoms with van der Waals surface area (Å²) in [6.07, 6.45) is -2.12. The molecule has 0 aliphatic rings. The number of nitrogens with two attached hydrogens (primary N) is 1. The molecular formula is C17H14ClF2N3O. The van der Waals surface area contributed by atoms with Gasteiger partial charge in [0.15, 0.2) is 0 Å². The van der Waals surface area contributed by atoms with Crippen LogP contribution in [0, 0.1) is 0 Å². The van der Waals surface area contributed by atoms with E-state index in [9.17, 15) is 8.78 Å². The van der Waals surface area contributed by atoms with Crippen molar-refractivity contribution in [3.8, 4) is 11.5 Å². The smallest absolute Gasteiger partial charge is 0.314 e. The molecule has 1 aromatic heterocycles. The van der Waals surface area contributed by atoms with E-state index in [4.69, 9.17) is 21.8 Å². The molecule has 124 valence electrons. The average molecular weight is 350 g/mol. The zero-order valence-electron chi connectivity index (χ0n) is 12.5. The van der Waals surface area contributed by atoms with E-state index in [1.165, 1.54) is 0 Å². The van der Waals surface area contributed by atoms with Crippen molar-refractivity contribution in [2.75, 3.05) is 0 Å². The maximum Gasteiger partial charge on any atom is 0.314 e. The predicted molar refractivity (Wildman–Crippen MR) is 86.8 cm³/mol. The lowest BCUT2D eigenvalue weighted by Crippen LogP contribution is -2.13. The maximum atomic E-state index is 12.5. The van der Waals surface area contributed by atoms with Crippen LogP contribution in [0.1, 0.15) is 29.5 Å². The van der Waals surface area contributed by atoms with Gasteiger partial charge in [0.1, 0.15) is 0 Å². The molecule has 0 bridgehead atoms. The van der Waals surface area contributed by atoms with Gasteiger partial charge in [0.2, 0.25) is 5.89 Å². The number of aromatic nitrogens is 2. The SMILES string of the molecule is NC(Cc1ccc(Cl)cc1)c1ccc(-c2nnc(C(F)F)o2)cc1. The molecule has 0 saturated heterocycles. The zero-order valence-corrected chi connectivity index (χ0v) is 13.3. The van der Waals surface area contributed by atoms with Crippen molar-refractivity contribution in [3.63, 3.8) is 0 Å². The van der Waals surface area contributed by atoms with E-state index in [2.05, 4.69) is 10.2 Å². The monoisotopic (exact) mass is 349 g/mol. The minimum Gasteiger partial charge on any atom is -0.415 e. The molecule has 24 heavy (non-hydrogen) atoms. The summed E-state index contributed by atoms with van der Waals surface area (Å²) in [5, 5.41) is 7.61. The Morgan fingerprint density at radius 3 is 2.25 bits per heavy atom. The first-order chi connectivity index (χ1) is 11.5. The van der Waals surface area contributed by atoms with Gasteiger partial charge in [-0.15, -0.1) is 10.2 Å². The number of rotatable bonds is 5. The summed E-state index contributed by atoms with van der Waals surface area (Å²) < 4.78 is 29.9. The summed E-state index contributed by atoms with van der Waals surface area (Å²) >= 11 is 5.86. The fourth-order valence-corrected chi connectivity index (χ4v) is 2.43. The molecule has 0 fully saturated rings. The van der Waals surface area contributed by atoms with Crippen molar-refractivity contribution in [1.82, 2.24) is 10.2 Å². The highest BCUT2D eigenvalue weighted by atomic mass is 35.5. The third kappa shape index (κ3) is 3.77. The van der Waals surface area contributed by atoms with Crippen molar-refractivity contribution in [3.05, 3.63) is 70.6 Å². The molecule has 2 aromatic carbocycles. The van der Waals surface area contributed by atoms with E-state index in [0.717, 1.165) is 11.1 Å². The topological polar surface area (TPSA) is 64.9 Å². The van der Waals surface area contributed by atoms with Gasteiger partial charge < -0.3 is 10.2 Å². The van der Waals surface area contributed by atoms with Crippen LogP contribution < -0.4 is 5.73 Å². The lowest BCUT2D eigenvalue weighted by Gasteiger charge is -2.12. The summed E-state index contributed by atoms with van der Waals surface area (Å²) in [7, 11) is 0. The Balaban J connectivity index is 1.72. The highest BCUT2D eigenvalue weighted by Gasteiger charge is 2.17. The second-order valence-electron chi connectivity index (χ2n) is 5.31. The summed E-state index contributed by atoms with van der Waals surface area (Å²) in [6.45, 7) is 0. The van der Waals surface area contributed by atoms with Gasteiger partial charge in [0.05, 0.1) is 0 Å². The van der Waals surface area contributed by atoms with Crippen LogP contribution in [0.5, 0.6) is 0 Å². The van der Waals surface area contributed by atoms with Crippen LogP contribution >= 0.6 is 11.6 Å². The summed E-state index contributed by atoms with van der Waals surface area (Å²) in [6, 6.07) is 14.4. The van der Waals surface area contributed by atoms with Crippen LogP contribution in [0.3, 0.4) is 0 Å².